The standard InChI is InChI=1S/C19H20F2N3O7P/c1-10-4-5-30-15-9-23-8-14(17(25)16(23)18(26)24(10)15)31-32(28,29)19(27)22-7-11-2-3-12(20)6-13(11)21/h2-3,6,8,10,15,25H,4-5,7,9H2,1H3,(H,22,27)(H,28,29)/t10-,15+/m1/s1. The van der Waals surface area contributed by atoms with Crippen LogP contribution in [0.5, 0.6) is 11.5 Å². The minimum Gasteiger partial charge on any atom is -0.503 e. The molecule has 0 aliphatic carbocycles. The molecule has 0 spiro atoms. The lowest BCUT2D eigenvalue weighted by atomic mass is 10.1. The van der Waals surface area contributed by atoms with Crippen LogP contribution >= 0.6 is 7.60 Å². The number of nitrogens with one attached hydrogen (secondary N) is 1. The second-order valence-electron chi connectivity index (χ2n) is 7.52. The van der Waals surface area contributed by atoms with Crippen molar-refractivity contribution in [3.63, 3.8) is 0 Å². The van der Waals surface area contributed by atoms with Crippen LogP contribution in [0.4, 0.5) is 13.6 Å². The summed E-state index contributed by atoms with van der Waals surface area (Å²) in [6, 6.07) is 2.52. The van der Waals surface area contributed by atoms with E-state index in [9.17, 15) is 32.9 Å². The van der Waals surface area contributed by atoms with E-state index >= 15 is 0 Å². The van der Waals surface area contributed by atoms with Gasteiger partial charge in [0.2, 0.25) is 0 Å². The molecule has 1 aromatic carbocycles. The van der Waals surface area contributed by atoms with Gasteiger partial charge in [0.25, 0.3) is 5.91 Å². The van der Waals surface area contributed by atoms with E-state index in [1.165, 1.54) is 9.47 Å². The van der Waals surface area contributed by atoms with Crippen molar-refractivity contribution in [2.45, 2.75) is 38.7 Å². The summed E-state index contributed by atoms with van der Waals surface area (Å²) < 4.78 is 50.9. The zero-order valence-corrected chi connectivity index (χ0v) is 17.7. The number of aromatic hydroxyl groups is 1. The van der Waals surface area contributed by atoms with E-state index in [1.54, 1.807) is 0 Å². The number of hydrogen-bond donors (Lipinski definition) is 3. The molecule has 0 bridgehead atoms. The van der Waals surface area contributed by atoms with Crippen molar-refractivity contribution in [1.29, 1.82) is 0 Å². The molecule has 1 unspecified atom stereocenters. The maximum absolute atomic E-state index is 13.7. The Morgan fingerprint density at radius 2 is 2.16 bits per heavy atom. The van der Waals surface area contributed by atoms with Gasteiger partial charge in [-0.25, -0.2) is 13.3 Å². The van der Waals surface area contributed by atoms with E-state index in [-0.39, 0.29) is 23.8 Å². The molecule has 0 saturated carbocycles. The van der Waals surface area contributed by atoms with Gasteiger partial charge in [-0.05, 0) is 19.4 Å². The third-order valence-corrected chi connectivity index (χ3v) is 6.48. The number of carbonyl (C=O) groups is 2. The van der Waals surface area contributed by atoms with Gasteiger partial charge in [-0.3, -0.25) is 9.59 Å². The van der Waals surface area contributed by atoms with Crippen LogP contribution in [-0.4, -0.2) is 49.9 Å². The Kier molecular flexibility index (Phi) is 5.70. The van der Waals surface area contributed by atoms with Crippen LogP contribution in [0, 0.1) is 11.6 Å². The summed E-state index contributed by atoms with van der Waals surface area (Å²) in [7, 11) is -5.04. The minimum absolute atomic E-state index is 0.113. The van der Waals surface area contributed by atoms with Crippen molar-refractivity contribution in [2.75, 3.05) is 6.61 Å². The molecule has 10 nitrogen and oxygen atoms in total. The molecule has 2 aliphatic heterocycles. The van der Waals surface area contributed by atoms with Gasteiger partial charge in [0.05, 0.1) is 19.3 Å². The fourth-order valence-electron chi connectivity index (χ4n) is 3.71. The predicted molar refractivity (Wildman–Crippen MR) is 105 cm³/mol. The Hall–Kier alpha value is -2.95. The maximum Gasteiger partial charge on any atom is 0.465 e. The SMILES string of the molecule is C[C@@H]1CCO[C@H]2Cn3cc(OP(=O)(O)C(=O)NCc4ccc(F)cc4F)c(O)c3C(=O)N12. The van der Waals surface area contributed by atoms with Gasteiger partial charge in [0.15, 0.2) is 23.4 Å². The molecular formula is C19H20F2N3O7P. The number of fused-ring (bicyclic) bond motifs is 2. The highest BCUT2D eigenvalue weighted by Gasteiger charge is 2.43. The molecule has 1 saturated heterocycles. The zero-order valence-electron chi connectivity index (χ0n) is 16.8. The minimum atomic E-state index is -5.04. The Morgan fingerprint density at radius 3 is 2.88 bits per heavy atom. The molecule has 4 rings (SSSR count). The number of amides is 2. The van der Waals surface area contributed by atoms with Gasteiger partial charge in [0, 0.05) is 24.2 Å². The fourth-order valence-corrected chi connectivity index (χ4v) is 4.47. The quantitative estimate of drug-likeness (QED) is 0.572. The molecule has 3 N–H and O–H groups in total. The van der Waals surface area contributed by atoms with Crippen LogP contribution in [0.15, 0.2) is 24.4 Å². The van der Waals surface area contributed by atoms with E-state index in [4.69, 9.17) is 9.26 Å². The van der Waals surface area contributed by atoms with Crippen molar-refractivity contribution in [3.8, 4) is 11.5 Å². The monoisotopic (exact) mass is 471 g/mol. The summed E-state index contributed by atoms with van der Waals surface area (Å²) in [5, 5.41) is 12.5. The third kappa shape index (κ3) is 3.96. The molecule has 2 aromatic rings. The van der Waals surface area contributed by atoms with E-state index in [0.29, 0.717) is 19.1 Å². The van der Waals surface area contributed by atoms with E-state index < -0.39 is 55.1 Å². The average molecular weight is 471 g/mol. The number of nitrogens with zero attached hydrogens (tertiary/aromatic N) is 2. The van der Waals surface area contributed by atoms with Crippen LogP contribution in [0.3, 0.4) is 0 Å². The van der Waals surface area contributed by atoms with E-state index in [0.717, 1.165) is 18.3 Å². The number of benzene rings is 1. The summed E-state index contributed by atoms with van der Waals surface area (Å²) >= 11 is 0. The molecule has 3 atom stereocenters. The van der Waals surface area contributed by atoms with Crippen molar-refractivity contribution in [2.24, 2.45) is 0 Å². The lowest BCUT2D eigenvalue weighted by molar-refractivity contribution is -0.111. The van der Waals surface area contributed by atoms with Gasteiger partial charge in [-0.1, -0.05) is 6.07 Å². The molecule has 172 valence electrons. The first kappa shape index (κ1) is 22.3. The molecular weight excluding hydrogens is 451 g/mol. The highest BCUT2D eigenvalue weighted by molar-refractivity contribution is 7.71. The van der Waals surface area contributed by atoms with Gasteiger partial charge < -0.3 is 34.0 Å². The predicted octanol–water partition coefficient (Wildman–Crippen LogP) is 2.54. The number of halogens is 2. The maximum atomic E-state index is 13.7. The average Bonchev–Trinajstić information content (AvgIpc) is 3.02. The van der Waals surface area contributed by atoms with E-state index in [1.807, 2.05) is 12.2 Å². The first-order valence-corrected chi connectivity index (χ1v) is 11.3. The van der Waals surface area contributed by atoms with Crippen molar-refractivity contribution >= 4 is 19.2 Å². The van der Waals surface area contributed by atoms with Gasteiger partial charge in [0.1, 0.15) is 11.6 Å². The first-order chi connectivity index (χ1) is 15.1. The van der Waals surface area contributed by atoms with Crippen LogP contribution in [0.2, 0.25) is 0 Å². The first-order valence-electron chi connectivity index (χ1n) is 9.69. The normalized spacial score (nSPS) is 22.0. The molecule has 3 heterocycles. The van der Waals surface area contributed by atoms with Crippen LogP contribution in [0.1, 0.15) is 29.4 Å². The Bertz CT molecular complexity index is 1140. The van der Waals surface area contributed by atoms with E-state index in [2.05, 4.69) is 0 Å². The van der Waals surface area contributed by atoms with Gasteiger partial charge in [-0.15, -0.1) is 0 Å². The summed E-state index contributed by atoms with van der Waals surface area (Å²) in [5.74, 6) is -3.51. The molecule has 13 heteroatoms. The molecule has 2 aliphatic rings. The number of ether oxygens (including phenoxy) is 1. The molecule has 1 aromatic heterocycles. The Balaban J connectivity index is 1.50. The summed E-state index contributed by atoms with van der Waals surface area (Å²) in [6.07, 6.45) is 1.19. The van der Waals surface area contributed by atoms with Crippen molar-refractivity contribution < 1.29 is 42.2 Å². The smallest absolute Gasteiger partial charge is 0.465 e. The number of hydrogen-bond acceptors (Lipinski definition) is 6. The lowest BCUT2D eigenvalue weighted by Crippen LogP contribution is -2.56. The summed E-state index contributed by atoms with van der Waals surface area (Å²) in [6.45, 7) is 1.97. The Labute approximate surface area is 180 Å². The second-order valence-corrected chi connectivity index (χ2v) is 9.15. The van der Waals surface area contributed by atoms with Gasteiger partial charge >= 0.3 is 13.2 Å². The van der Waals surface area contributed by atoms with Crippen LogP contribution in [0.25, 0.3) is 0 Å². The third-order valence-electron chi connectivity index (χ3n) is 5.36. The van der Waals surface area contributed by atoms with Crippen LogP contribution < -0.4 is 9.84 Å². The summed E-state index contributed by atoms with van der Waals surface area (Å²) in [5.41, 5.74) is -1.73. The van der Waals surface area contributed by atoms with Crippen molar-refractivity contribution in [1.82, 2.24) is 14.8 Å². The van der Waals surface area contributed by atoms with Gasteiger partial charge in [-0.2, -0.15) is 0 Å². The highest BCUT2D eigenvalue weighted by Crippen LogP contribution is 2.48. The number of carbonyl (C=O) groups excluding carboxylic acids is 2. The van der Waals surface area contributed by atoms with Crippen LogP contribution in [-0.2, 0) is 22.4 Å². The lowest BCUT2D eigenvalue weighted by Gasteiger charge is -2.43. The number of rotatable bonds is 5. The molecule has 0 radical (unpaired) electrons. The van der Waals surface area contributed by atoms with Crippen molar-refractivity contribution in [3.05, 3.63) is 47.3 Å². The largest absolute Gasteiger partial charge is 0.503 e. The topological polar surface area (TPSA) is 130 Å². The molecule has 2 amide bonds. The summed E-state index contributed by atoms with van der Waals surface area (Å²) in [4.78, 5) is 36.5. The fraction of sp³-hybridized carbons (Fsp3) is 0.368. The molecule has 32 heavy (non-hydrogen) atoms. The zero-order chi connectivity index (χ0) is 23.2. The highest BCUT2D eigenvalue weighted by atomic mass is 31.2. The second kappa shape index (κ2) is 8.19. The Morgan fingerprint density at radius 1 is 1.41 bits per heavy atom. The molecule has 1 fully saturated rings. The number of aromatic nitrogens is 1.